The van der Waals surface area contributed by atoms with Crippen LogP contribution in [0.25, 0.3) is 0 Å². The molecule has 0 heterocycles. The summed E-state index contributed by atoms with van der Waals surface area (Å²) in [4.78, 5) is 0. The molecule has 0 aromatic heterocycles. The molecule has 0 aliphatic heterocycles. The summed E-state index contributed by atoms with van der Waals surface area (Å²) in [6.07, 6.45) is 10.8. The van der Waals surface area contributed by atoms with E-state index in [0.29, 0.717) is 6.04 Å². The first-order valence-corrected chi connectivity index (χ1v) is 8.60. The lowest BCUT2D eigenvalue weighted by atomic mass is 9.89. The highest BCUT2D eigenvalue weighted by Crippen LogP contribution is 2.31. The summed E-state index contributed by atoms with van der Waals surface area (Å²) in [5, 5.41) is 3.81. The molecule has 0 spiro atoms. The average molecular weight is 271 g/mol. The van der Waals surface area contributed by atoms with Crippen molar-refractivity contribution in [2.24, 2.45) is 11.8 Å². The fraction of sp³-hybridized carbons (Fsp3) is 0.684. The Kier molecular flexibility index (Phi) is 4.33. The Morgan fingerprint density at radius 1 is 0.950 bits per heavy atom. The van der Waals surface area contributed by atoms with Crippen molar-refractivity contribution in [2.75, 3.05) is 5.32 Å². The van der Waals surface area contributed by atoms with Gasteiger partial charge in [0.05, 0.1) is 0 Å². The van der Waals surface area contributed by atoms with E-state index in [9.17, 15) is 0 Å². The molecule has 20 heavy (non-hydrogen) atoms. The minimum atomic E-state index is 0.693. The van der Waals surface area contributed by atoms with Crippen LogP contribution < -0.4 is 5.32 Å². The SMILES string of the molecule is CC(C)C1CCCC(Nc2ccc3c(c2)CCC3)CC1. The fourth-order valence-electron chi connectivity index (χ4n) is 4.04. The van der Waals surface area contributed by atoms with Crippen molar-refractivity contribution < 1.29 is 0 Å². The molecule has 2 aliphatic carbocycles. The smallest absolute Gasteiger partial charge is 0.0345 e. The Labute approximate surface area is 124 Å². The highest BCUT2D eigenvalue weighted by atomic mass is 14.9. The van der Waals surface area contributed by atoms with Gasteiger partial charge in [-0.15, -0.1) is 0 Å². The van der Waals surface area contributed by atoms with Gasteiger partial charge in [0.2, 0.25) is 0 Å². The van der Waals surface area contributed by atoms with Crippen LogP contribution in [0.4, 0.5) is 5.69 Å². The number of aryl methyl sites for hydroxylation is 2. The van der Waals surface area contributed by atoms with E-state index in [4.69, 9.17) is 0 Å². The monoisotopic (exact) mass is 271 g/mol. The van der Waals surface area contributed by atoms with Gasteiger partial charge >= 0.3 is 0 Å². The highest BCUT2D eigenvalue weighted by Gasteiger charge is 2.21. The molecule has 1 N–H and O–H groups in total. The molecule has 1 heteroatoms. The molecule has 0 amide bonds. The van der Waals surface area contributed by atoms with Crippen LogP contribution in [0.2, 0.25) is 0 Å². The molecule has 1 saturated carbocycles. The number of nitrogens with one attached hydrogen (secondary N) is 1. The third-order valence-corrected chi connectivity index (χ3v) is 5.43. The molecule has 2 unspecified atom stereocenters. The topological polar surface area (TPSA) is 12.0 Å². The maximum Gasteiger partial charge on any atom is 0.0345 e. The van der Waals surface area contributed by atoms with E-state index >= 15 is 0 Å². The van der Waals surface area contributed by atoms with Crippen LogP contribution in [-0.2, 0) is 12.8 Å². The lowest BCUT2D eigenvalue weighted by Crippen LogP contribution is -2.18. The summed E-state index contributed by atoms with van der Waals surface area (Å²) >= 11 is 0. The Hall–Kier alpha value is -0.980. The predicted molar refractivity (Wildman–Crippen MR) is 87.3 cm³/mol. The normalized spacial score (nSPS) is 26.4. The molecular formula is C19H29N. The molecule has 1 nitrogen and oxygen atoms in total. The van der Waals surface area contributed by atoms with Crippen molar-refractivity contribution >= 4 is 5.69 Å². The van der Waals surface area contributed by atoms with E-state index in [1.165, 1.54) is 57.1 Å². The zero-order valence-electron chi connectivity index (χ0n) is 13.1. The number of hydrogen-bond donors (Lipinski definition) is 1. The van der Waals surface area contributed by atoms with Gasteiger partial charge in [-0.2, -0.15) is 0 Å². The summed E-state index contributed by atoms with van der Waals surface area (Å²) in [6.45, 7) is 4.78. The molecule has 3 rings (SSSR count). The number of rotatable bonds is 3. The molecule has 1 aromatic carbocycles. The maximum atomic E-state index is 3.81. The molecule has 2 atom stereocenters. The Balaban J connectivity index is 1.60. The van der Waals surface area contributed by atoms with E-state index in [0.717, 1.165) is 11.8 Å². The molecule has 0 saturated heterocycles. The highest BCUT2D eigenvalue weighted by molar-refractivity contribution is 5.50. The number of hydrogen-bond acceptors (Lipinski definition) is 1. The quantitative estimate of drug-likeness (QED) is 0.746. The van der Waals surface area contributed by atoms with Gasteiger partial charge < -0.3 is 5.32 Å². The van der Waals surface area contributed by atoms with Crippen molar-refractivity contribution in [1.82, 2.24) is 0 Å². The van der Waals surface area contributed by atoms with E-state index < -0.39 is 0 Å². The first kappa shape index (κ1) is 14.0. The van der Waals surface area contributed by atoms with Crippen LogP contribution in [-0.4, -0.2) is 6.04 Å². The van der Waals surface area contributed by atoms with Crippen molar-refractivity contribution in [2.45, 2.75) is 71.3 Å². The molecule has 1 aromatic rings. The number of benzene rings is 1. The summed E-state index contributed by atoms with van der Waals surface area (Å²) in [6, 6.07) is 7.75. The van der Waals surface area contributed by atoms with E-state index in [-0.39, 0.29) is 0 Å². The lowest BCUT2D eigenvalue weighted by Gasteiger charge is -2.20. The molecule has 110 valence electrons. The van der Waals surface area contributed by atoms with Crippen LogP contribution in [0, 0.1) is 11.8 Å². The third-order valence-electron chi connectivity index (χ3n) is 5.43. The van der Waals surface area contributed by atoms with Crippen LogP contribution in [0.15, 0.2) is 18.2 Å². The van der Waals surface area contributed by atoms with E-state index in [1.807, 2.05) is 0 Å². The van der Waals surface area contributed by atoms with Crippen molar-refractivity contribution in [3.8, 4) is 0 Å². The maximum absolute atomic E-state index is 3.81. The van der Waals surface area contributed by atoms with Gasteiger partial charge in [0, 0.05) is 11.7 Å². The number of fused-ring (bicyclic) bond motifs is 1. The molecule has 0 radical (unpaired) electrons. The second-order valence-electron chi connectivity index (χ2n) is 7.19. The Morgan fingerprint density at radius 3 is 2.65 bits per heavy atom. The lowest BCUT2D eigenvalue weighted by molar-refractivity contribution is 0.341. The van der Waals surface area contributed by atoms with Gasteiger partial charge in [-0.3, -0.25) is 0 Å². The summed E-state index contributed by atoms with van der Waals surface area (Å²) < 4.78 is 0. The second kappa shape index (κ2) is 6.20. The van der Waals surface area contributed by atoms with Crippen LogP contribution in [0.1, 0.15) is 63.5 Å². The molecule has 0 bridgehead atoms. The molecule has 1 fully saturated rings. The largest absolute Gasteiger partial charge is 0.382 e. The van der Waals surface area contributed by atoms with Crippen molar-refractivity contribution in [3.63, 3.8) is 0 Å². The van der Waals surface area contributed by atoms with Gasteiger partial charge in [-0.05, 0) is 73.6 Å². The third kappa shape index (κ3) is 3.19. The van der Waals surface area contributed by atoms with Gasteiger partial charge in [0.25, 0.3) is 0 Å². The Bertz CT molecular complexity index is 449. The first-order valence-electron chi connectivity index (χ1n) is 8.60. The average Bonchev–Trinajstić information content (AvgIpc) is 2.76. The zero-order chi connectivity index (χ0) is 13.9. The zero-order valence-corrected chi connectivity index (χ0v) is 13.1. The number of anilines is 1. The predicted octanol–water partition coefficient (Wildman–Crippen LogP) is 5.19. The van der Waals surface area contributed by atoms with E-state index in [2.05, 4.69) is 37.4 Å². The second-order valence-corrected chi connectivity index (χ2v) is 7.19. The van der Waals surface area contributed by atoms with Crippen LogP contribution in [0.5, 0.6) is 0 Å². The van der Waals surface area contributed by atoms with Crippen molar-refractivity contribution in [3.05, 3.63) is 29.3 Å². The molecular weight excluding hydrogens is 242 g/mol. The summed E-state index contributed by atoms with van der Waals surface area (Å²) in [7, 11) is 0. The minimum absolute atomic E-state index is 0.693. The first-order chi connectivity index (χ1) is 9.72. The van der Waals surface area contributed by atoms with Gasteiger partial charge in [-0.25, -0.2) is 0 Å². The minimum Gasteiger partial charge on any atom is -0.382 e. The van der Waals surface area contributed by atoms with Gasteiger partial charge in [-0.1, -0.05) is 32.8 Å². The fourth-order valence-corrected chi connectivity index (χ4v) is 4.04. The summed E-state index contributed by atoms with van der Waals surface area (Å²) in [5.74, 6) is 1.80. The molecule has 2 aliphatic rings. The van der Waals surface area contributed by atoms with Gasteiger partial charge in [0.1, 0.15) is 0 Å². The van der Waals surface area contributed by atoms with Crippen LogP contribution >= 0.6 is 0 Å². The van der Waals surface area contributed by atoms with E-state index in [1.54, 1.807) is 11.1 Å². The van der Waals surface area contributed by atoms with Crippen LogP contribution in [0.3, 0.4) is 0 Å². The summed E-state index contributed by atoms with van der Waals surface area (Å²) in [5.41, 5.74) is 4.53. The standard InChI is InChI=1S/C19H29N/c1-14(2)15-5-4-8-18(11-9-15)20-19-12-10-16-6-3-7-17(16)13-19/h10,12-15,18,20H,3-9,11H2,1-2H3. The van der Waals surface area contributed by atoms with Crippen molar-refractivity contribution in [1.29, 1.82) is 0 Å². The van der Waals surface area contributed by atoms with Gasteiger partial charge in [0.15, 0.2) is 0 Å². The Morgan fingerprint density at radius 2 is 1.80 bits per heavy atom.